The minimum Gasteiger partial charge on any atom is -0.496 e. The van der Waals surface area contributed by atoms with Crippen molar-refractivity contribution in [3.05, 3.63) is 63.4 Å². The van der Waals surface area contributed by atoms with Crippen molar-refractivity contribution in [2.75, 3.05) is 14.2 Å². The molecule has 0 aliphatic rings. The van der Waals surface area contributed by atoms with Crippen LogP contribution in [0.15, 0.2) is 36.4 Å². The Balaban J connectivity index is 2.31. The van der Waals surface area contributed by atoms with Crippen LogP contribution >= 0.6 is 23.2 Å². The molecule has 5 heteroatoms. The van der Waals surface area contributed by atoms with Crippen LogP contribution < -0.4 is 10.1 Å². The molecule has 0 aliphatic carbocycles. The summed E-state index contributed by atoms with van der Waals surface area (Å²) >= 11 is 11.9. The third-order valence-corrected chi connectivity index (χ3v) is 3.86. The van der Waals surface area contributed by atoms with Crippen LogP contribution in [-0.2, 0) is 6.42 Å². The van der Waals surface area contributed by atoms with Gasteiger partial charge in [0.15, 0.2) is 0 Å². The molecule has 2 aromatic rings. The summed E-state index contributed by atoms with van der Waals surface area (Å²) in [6.07, 6.45) is 0.646. The fourth-order valence-corrected chi connectivity index (χ4v) is 2.63. The lowest BCUT2D eigenvalue weighted by Crippen LogP contribution is -2.19. The molecule has 21 heavy (non-hydrogen) atoms. The van der Waals surface area contributed by atoms with E-state index in [9.17, 15) is 4.39 Å². The Morgan fingerprint density at radius 3 is 2.57 bits per heavy atom. The predicted octanol–water partition coefficient (Wildman–Crippen LogP) is 4.64. The average Bonchev–Trinajstić information content (AvgIpc) is 2.48. The van der Waals surface area contributed by atoms with E-state index in [-0.39, 0.29) is 11.1 Å². The van der Waals surface area contributed by atoms with Crippen molar-refractivity contribution in [2.45, 2.75) is 12.5 Å². The quantitative estimate of drug-likeness (QED) is 0.863. The largest absolute Gasteiger partial charge is 0.496 e. The lowest BCUT2D eigenvalue weighted by Gasteiger charge is -2.20. The van der Waals surface area contributed by atoms with Crippen molar-refractivity contribution < 1.29 is 9.13 Å². The van der Waals surface area contributed by atoms with Gasteiger partial charge in [0.25, 0.3) is 0 Å². The van der Waals surface area contributed by atoms with Gasteiger partial charge in [0.2, 0.25) is 0 Å². The molecule has 0 saturated carbocycles. The summed E-state index contributed by atoms with van der Waals surface area (Å²) in [5.41, 5.74) is 1.88. The number of methoxy groups -OCH3 is 1. The summed E-state index contributed by atoms with van der Waals surface area (Å²) in [7, 11) is 3.48. The SMILES string of the molecule is CNC(Cc1ccc(F)c(Cl)c1)c1cc(Cl)ccc1OC. The van der Waals surface area contributed by atoms with Crippen molar-refractivity contribution in [2.24, 2.45) is 0 Å². The maximum Gasteiger partial charge on any atom is 0.141 e. The number of ether oxygens (including phenoxy) is 1. The average molecular weight is 328 g/mol. The minimum atomic E-state index is -0.415. The van der Waals surface area contributed by atoms with E-state index in [4.69, 9.17) is 27.9 Å². The number of halogens is 3. The molecule has 2 nitrogen and oxygen atoms in total. The van der Waals surface area contributed by atoms with Crippen molar-refractivity contribution in [1.29, 1.82) is 0 Å². The maximum atomic E-state index is 13.2. The first-order valence-corrected chi connectivity index (χ1v) is 7.25. The smallest absolute Gasteiger partial charge is 0.141 e. The Kier molecular flexibility index (Phi) is 5.45. The normalized spacial score (nSPS) is 12.2. The highest BCUT2D eigenvalue weighted by molar-refractivity contribution is 6.31. The highest BCUT2D eigenvalue weighted by Crippen LogP contribution is 2.30. The Hall–Kier alpha value is -1.29. The monoisotopic (exact) mass is 327 g/mol. The predicted molar refractivity (Wildman–Crippen MR) is 84.9 cm³/mol. The summed E-state index contributed by atoms with van der Waals surface area (Å²) in [5.74, 6) is 0.341. The molecule has 2 rings (SSSR count). The Bertz CT molecular complexity index is 634. The summed E-state index contributed by atoms with van der Waals surface area (Å²) in [6.45, 7) is 0. The van der Waals surface area contributed by atoms with E-state index in [0.29, 0.717) is 11.4 Å². The van der Waals surface area contributed by atoms with Gasteiger partial charge < -0.3 is 10.1 Å². The standard InChI is InChI=1S/C16H16Cl2FNO/c1-20-15(8-10-3-5-14(19)13(18)7-10)12-9-11(17)4-6-16(12)21-2/h3-7,9,15,20H,8H2,1-2H3. The molecule has 1 atom stereocenters. The van der Waals surface area contributed by atoms with Crippen molar-refractivity contribution in [3.8, 4) is 5.75 Å². The Labute approximate surface area is 133 Å². The highest BCUT2D eigenvalue weighted by Gasteiger charge is 2.16. The van der Waals surface area contributed by atoms with E-state index in [2.05, 4.69) is 5.32 Å². The van der Waals surface area contributed by atoms with Crippen molar-refractivity contribution in [1.82, 2.24) is 5.32 Å². The molecule has 0 amide bonds. The van der Waals surface area contributed by atoms with E-state index in [1.165, 1.54) is 6.07 Å². The van der Waals surface area contributed by atoms with Gasteiger partial charge in [-0.15, -0.1) is 0 Å². The van der Waals surface area contributed by atoms with Crippen LogP contribution in [0, 0.1) is 5.82 Å². The molecule has 0 bridgehead atoms. The van der Waals surface area contributed by atoms with E-state index in [0.717, 1.165) is 16.9 Å². The van der Waals surface area contributed by atoms with Crippen LogP contribution in [-0.4, -0.2) is 14.2 Å². The third-order valence-electron chi connectivity index (χ3n) is 3.34. The van der Waals surface area contributed by atoms with Gasteiger partial charge in [-0.1, -0.05) is 29.3 Å². The molecule has 1 N–H and O–H groups in total. The van der Waals surface area contributed by atoms with Crippen molar-refractivity contribution in [3.63, 3.8) is 0 Å². The molecule has 0 aromatic heterocycles. The number of rotatable bonds is 5. The second-order valence-electron chi connectivity index (χ2n) is 4.68. The summed E-state index contributed by atoms with van der Waals surface area (Å²) in [5, 5.41) is 3.99. The number of likely N-dealkylation sites (N-methyl/N-ethyl adjacent to an activating group) is 1. The molecule has 0 heterocycles. The summed E-state index contributed by atoms with van der Waals surface area (Å²) in [6, 6.07) is 10.2. The molecule has 0 radical (unpaired) electrons. The number of hydrogen-bond acceptors (Lipinski definition) is 2. The summed E-state index contributed by atoms with van der Waals surface area (Å²) < 4.78 is 18.6. The molecule has 0 aliphatic heterocycles. The maximum absolute atomic E-state index is 13.2. The number of hydrogen-bond donors (Lipinski definition) is 1. The molecule has 0 spiro atoms. The van der Waals surface area contributed by atoms with E-state index in [1.807, 2.05) is 19.2 Å². The van der Waals surface area contributed by atoms with Crippen LogP contribution in [0.5, 0.6) is 5.75 Å². The first-order valence-electron chi connectivity index (χ1n) is 6.49. The first-order chi connectivity index (χ1) is 10.0. The fourth-order valence-electron chi connectivity index (χ4n) is 2.25. The molecule has 0 fully saturated rings. The van der Waals surface area contributed by atoms with Gasteiger partial charge >= 0.3 is 0 Å². The van der Waals surface area contributed by atoms with Gasteiger partial charge in [-0.2, -0.15) is 0 Å². The van der Waals surface area contributed by atoms with Crippen LogP contribution in [0.2, 0.25) is 10.0 Å². The fraction of sp³-hybridized carbons (Fsp3) is 0.250. The second kappa shape index (κ2) is 7.12. The van der Waals surface area contributed by atoms with Crippen molar-refractivity contribution >= 4 is 23.2 Å². The zero-order valence-electron chi connectivity index (χ0n) is 11.8. The highest BCUT2D eigenvalue weighted by atomic mass is 35.5. The Morgan fingerprint density at radius 2 is 1.95 bits per heavy atom. The topological polar surface area (TPSA) is 21.3 Å². The van der Waals surface area contributed by atoms with Crippen LogP contribution in [0.25, 0.3) is 0 Å². The zero-order valence-corrected chi connectivity index (χ0v) is 13.3. The van der Waals surface area contributed by atoms with E-state index < -0.39 is 5.82 Å². The van der Waals surface area contributed by atoms with Gasteiger partial charge in [-0.25, -0.2) is 4.39 Å². The minimum absolute atomic E-state index is 0.0137. The number of benzene rings is 2. The van der Waals surface area contributed by atoms with E-state index in [1.54, 1.807) is 25.3 Å². The molecular weight excluding hydrogens is 312 g/mol. The van der Waals surface area contributed by atoms with Gasteiger partial charge in [0, 0.05) is 16.6 Å². The lowest BCUT2D eigenvalue weighted by molar-refractivity contribution is 0.401. The lowest BCUT2D eigenvalue weighted by atomic mass is 9.98. The number of nitrogens with one attached hydrogen (secondary N) is 1. The Morgan fingerprint density at radius 1 is 1.19 bits per heavy atom. The van der Waals surface area contributed by atoms with E-state index >= 15 is 0 Å². The van der Waals surface area contributed by atoms with Crippen LogP contribution in [0.4, 0.5) is 4.39 Å². The van der Waals surface area contributed by atoms with Gasteiger partial charge in [0.1, 0.15) is 11.6 Å². The molecule has 2 aromatic carbocycles. The van der Waals surface area contributed by atoms with Crippen LogP contribution in [0.3, 0.4) is 0 Å². The van der Waals surface area contributed by atoms with Gasteiger partial charge in [-0.05, 0) is 49.4 Å². The van der Waals surface area contributed by atoms with Crippen LogP contribution in [0.1, 0.15) is 17.2 Å². The molecule has 0 saturated heterocycles. The second-order valence-corrected chi connectivity index (χ2v) is 5.52. The zero-order chi connectivity index (χ0) is 15.4. The van der Waals surface area contributed by atoms with Gasteiger partial charge in [0.05, 0.1) is 12.1 Å². The third kappa shape index (κ3) is 3.88. The summed E-state index contributed by atoms with van der Waals surface area (Å²) in [4.78, 5) is 0. The van der Waals surface area contributed by atoms with Gasteiger partial charge in [-0.3, -0.25) is 0 Å². The first kappa shape index (κ1) is 16.1. The molecule has 1 unspecified atom stereocenters. The molecule has 112 valence electrons. The molecular formula is C16H16Cl2FNO.